The smallest absolute Gasteiger partial charge is 0.323 e. The van der Waals surface area contributed by atoms with Crippen LogP contribution in [0.5, 0.6) is 0 Å². The maximum absolute atomic E-state index is 12.4. The van der Waals surface area contributed by atoms with Crippen LogP contribution in [0.1, 0.15) is 24.9 Å². The molecule has 2 aliphatic rings. The Morgan fingerprint density at radius 2 is 2.26 bits per heavy atom. The van der Waals surface area contributed by atoms with Crippen molar-refractivity contribution in [3.63, 3.8) is 0 Å². The number of ether oxygens (including phenoxy) is 1. The summed E-state index contributed by atoms with van der Waals surface area (Å²) in [5.74, 6) is -0.698. The van der Waals surface area contributed by atoms with E-state index in [2.05, 4.69) is 10.6 Å². The van der Waals surface area contributed by atoms with Crippen LogP contribution in [0.4, 0.5) is 5.69 Å². The van der Waals surface area contributed by atoms with E-state index in [1.807, 2.05) is 24.3 Å². The van der Waals surface area contributed by atoms with Crippen LogP contribution < -0.4 is 10.6 Å². The highest BCUT2D eigenvalue weighted by Crippen LogP contribution is 2.48. The van der Waals surface area contributed by atoms with Crippen LogP contribution in [0.2, 0.25) is 0 Å². The van der Waals surface area contributed by atoms with Gasteiger partial charge in [0, 0.05) is 5.69 Å². The highest BCUT2D eigenvalue weighted by molar-refractivity contribution is 6.12. The first kappa shape index (κ1) is 12.2. The Hall–Kier alpha value is -1.88. The molecular weight excluding hydrogens is 244 g/mol. The van der Waals surface area contributed by atoms with Crippen LogP contribution in [0.15, 0.2) is 24.3 Å². The van der Waals surface area contributed by atoms with Crippen LogP contribution >= 0.6 is 0 Å². The molecule has 5 heteroatoms. The number of fused-ring (bicyclic) bond motifs is 3. The summed E-state index contributed by atoms with van der Waals surface area (Å²) < 4.78 is 5.13. The van der Waals surface area contributed by atoms with Crippen molar-refractivity contribution >= 4 is 17.6 Å². The molecule has 0 aromatic heterocycles. The van der Waals surface area contributed by atoms with Crippen LogP contribution in [-0.2, 0) is 14.3 Å². The fourth-order valence-electron chi connectivity index (χ4n) is 3.02. The Kier molecular flexibility index (Phi) is 2.78. The Labute approximate surface area is 111 Å². The molecule has 2 heterocycles. The van der Waals surface area contributed by atoms with E-state index in [4.69, 9.17) is 4.74 Å². The lowest BCUT2D eigenvalue weighted by molar-refractivity contribution is -0.160. The van der Waals surface area contributed by atoms with Crippen molar-refractivity contribution in [1.82, 2.24) is 5.32 Å². The summed E-state index contributed by atoms with van der Waals surface area (Å²) >= 11 is 0. The van der Waals surface area contributed by atoms with E-state index in [0.29, 0.717) is 13.0 Å². The minimum Gasteiger partial charge on any atom is -0.465 e. The molecule has 2 aliphatic heterocycles. The summed E-state index contributed by atoms with van der Waals surface area (Å²) in [5.41, 5.74) is 0.601. The van der Waals surface area contributed by atoms with Gasteiger partial charge < -0.3 is 15.4 Å². The van der Waals surface area contributed by atoms with Gasteiger partial charge in [0.05, 0.1) is 12.6 Å². The lowest BCUT2D eigenvalue weighted by Gasteiger charge is -2.36. The van der Waals surface area contributed by atoms with E-state index in [0.717, 1.165) is 11.3 Å². The van der Waals surface area contributed by atoms with Gasteiger partial charge in [-0.25, -0.2) is 0 Å². The number of amides is 1. The normalized spacial score (nSPS) is 28.3. The number of hydrogen-bond donors (Lipinski definition) is 2. The number of carbonyl (C=O) groups is 2. The van der Waals surface area contributed by atoms with Crippen molar-refractivity contribution in [3.05, 3.63) is 29.8 Å². The molecule has 1 saturated heterocycles. The van der Waals surface area contributed by atoms with Crippen molar-refractivity contribution in [2.75, 3.05) is 18.5 Å². The lowest BCUT2D eigenvalue weighted by atomic mass is 9.73. The highest BCUT2D eigenvalue weighted by Gasteiger charge is 2.59. The number of rotatable bonds is 2. The third-order valence-electron chi connectivity index (χ3n) is 3.93. The Morgan fingerprint density at radius 1 is 1.47 bits per heavy atom. The van der Waals surface area contributed by atoms with E-state index in [1.54, 1.807) is 6.92 Å². The van der Waals surface area contributed by atoms with Crippen molar-refractivity contribution < 1.29 is 14.3 Å². The summed E-state index contributed by atoms with van der Waals surface area (Å²) in [6.07, 6.45) is 0.469. The minimum absolute atomic E-state index is 0.264. The number of carbonyl (C=O) groups excluding carboxylic acids is 2. The van der Waals surface area contributed by atoms with Crippen LogP contribution in [0, 0.1) is 5.41 Å². The Bertz CT molecular complexity index is 543. The summed E-state index contributed by atoms with van der Waals surface area (Å²) in [6.45, 7) is 2.66. The summed E-state index contributed by atoms with van der Waals surface area (Å²) in [7, 11) is 0. The zero-order valence-corrected chi connectivity index (χ0v) is 10.7. The molecule has 0 bridgehead atoms. The Balaban J connectivity index is 2.10. The fourth-order valence-corrected chi connectivity index (χ4v) is 3.02. The number of esters is 1. The number of hydrogen-bond acceptors (Lipinski definition) is 4. The second-order valence-electron chi connectivity index (χ2n) is 4.87. The second-order valence-corrected chi connectivity index (χ2v) is 4.87. The predicted octanol–water partition coefficient (Wildman–Crippen LogP) is 1.22. The largest absolute Gasteiger partial charge is 0.465 e. The predicted molar refractivity (Wildman–Crippen MR) is 69.5 cm³/mol. The van der Waals surface area contributed by atoms with Gasteiger partial charge in [0.25, 0.3) is 0 Å². The number of anilines is 1. The van der Waals surface area contributed by atoms with E-state index in [-0.39, 0.29) is 18.6 Å². The quantitative estimate of drug-likeness (QED) is 0.620. The molecule has 0 radical (unpaired) electrons. The summed E-state index contributed by atoms with van der Waals surface area (Å²) in [5, 5.41) is 6.10. The first-order valence-corrected chi connectivity index (χ1v) is 6.51. The average Bonchev–Trinajstić information content (AvgIpc) is 2.86. The van der Waals surface area contributed by atoms with Gasteiger partial charge in [0.1, 0.15) is 0 Å². The van der Waals surface area contributed by atoms with Crippen LogP contribution in [0.25, 0.3) is 0 Å². The molecule has 1 fully saturated rings. The van der Waals surface area contributed by atoms with Gasteiger partial charge in [-0.15, -0.1) is 0 Å². The molecule has 100 valence electrons. The van der Waals surface area contributed by atoms with Crippen molar-refractivity contribution in [1.29, 1.82) is 0 Å². The van der Waals surface area contributed by atoms with Crippen molar-refractivity contribution in [2.45, 2.75) is 19.4 Å². The van der Waals surface area contributed by atoms with Gasteiger partial charge in [-0.05, 0) is 31.5 Å². The zero-order valence-electron chi connectivity index (χ0n) is 10.7. The van der Waals surface area contributed by atoms with E-state index in [1.165, 1.54) is 0 Å². The van der Waals surface area contributed by atoms with Gasteiger partial charge in [0.2, 0.25) is 5.91 Å². The molecule has 1 aromatic carbocycles. The van der Waals surface area contributed by atoms with Gasteiger partial charge in [-0.2, -0.15) is 0 Å². The molecular formula is C14H16N2O3. The SMILES string of the molecule is CCOC(=O)C12CCNC1c1ccccc1NC2=O. The monoisotopic (exact) mass is 260 g/mol. The van der Waals surface area contributed by atoms with Crippen molar-refractivity contribution in [3.8, 4) is 0 Å². The summed E-state index contributed by atoms with van der Waals surface area (Å²) in [6, 6.07) is 7.27. The van der Waals surface area contributed by atoms with E-state index >= 15 is 0 Å². The third kappa shape index (κ3) is 1.58. The molecule has 2 atom stereocenters. The Morgan fingerprint density at radius 3 is 3.05 bits per heavy atom. The van der Waals surface area contributed by atoms with Crippen molar-refractivity contribution in [2.24, 2.45) is 5.41 Å². The molecule has 2 N–H and O–H groups in total. The zero-order chi connectivity index (χ0) is 13.5. The second kappa shape index (κ2) is 4.35. The molecule has 3 rings (SSSR count). The maximum atomic E-state index is 12.4. The maximum Gasteiger partial charge on any atom is 0.323 e. The molecule has 19 heavy (non-hydrogen) atoms. The van der Waals surface area contributed by atoms with Gasteiger partial charge >= 0.3 is 5.97 Å². The highest BCUT2D eigenvalue weighted by atomic mass is 16.5. The molecule has 0 saturated carbocycles. The molecule has 1 aromatic rings. The summed E-state index contributed by atoms with van der Waals surface area (Å²) in [4.78, 5) is 24.7. The average molecular weight is 260 g/mol. The van der Waals surface area contributed by atoms with E-state index in [9.17, 15) is 9.59 Å². The number of para-hydroxylation sites is 1. The molecule has 0 aliphatic carbocycles. The lowest BCUT2D eigenvalue weighted by Crippen LogP contribution is -2.50. The minimum atomic E-state index is -1.12. The topological polar surface area (TPSA) is 67.4 Å². The molecule has 5 nitrogen and oxygen atoms in total. The standard InChI is InChI=1S/C14H16N2O3/c1-2-19-13(18)14-7-8-15-11(14)9-5-3-4-6-10(9)16-12(14)17/h3-6,11,15H,2,7-8H2,1H3,(H,16,17). The molecule has 1 amide bonds. The van der Waals surface area contributed by atoms with Gasteiger partial charge in [0.15, 0.2) is 5.41 Å². The van der Waals surface area contributed by atoms with Crippen LogP contribution in [-0.4, -0.2) is 25.0 Å². The van der Waals surface area contributed by atoms with E-state index < -0.39 is 11.4 Å². The number of benzene rings is 1. The number of nitrogens with one attached hydrogen (secondary N) is 2. The first-order chi connectivity index (χ1) is 9.20. The first-order valence-electron chi connectivity index (χ1n) is 6.51. The van der Waals surface area contributed by atoms with Crippen LogP contribution in [0.3, 0.4) is 0 Å². The third-order valence-corrected chi connectivity index (χ3v) is 3.93. The fraction of sp³-hybridized carbons (Fsp3) is 0.429. The van der Waals surface area contributed by atoms with Gasteiger partial charge in [-0.1, -0.05) is 18.2 Å². The molecule has 2 unspecified atom stereocenters. The molecule has 0 spiro atoms. The van der Waals surface area contributed by atoms with Gasteiger partial charge in [-0.3, -0.25) is 9.59 Å².